The Hall–Kier alpha value is -2.64. The summed E-state index contributed by atoms with van der Waals surface area (Å²) < 4.78 is 27.2. The fraction of sp³-hybridized carbons (Fsp3) is 0.375. The average molecular weight is 421 g/mol. The van der Waals surface area contributed by atoms with Crippen molar-refractivity contribution in [2.45, 2.75) is 48.6 Å². The van der Waals surface area contributed by atoms with Crippen LogP contribution in [0.2, 0.25) is 0 Å². The molecule has 0 unspecified atom stereocenters. The zero-order valence-corrected chi connectivity index (χ0v) is 17.4. The van der Waals surface area contributed by atoms with E-state index in [9.17, 15) is 18.8 Å². The minimum atomic E-state index is -3.86. The summed E-state index contributed by atoms with van der Waals surface area (Å²) in [7, 11) is -3.86. The molecular weight excluding hydrogens is 396 g/mol. The number of nitrogens with zero attached hydrogens (tertiary/aromatic N) is 2. The quantitative estimate of drug-likeness (QED) is 0.770. The minimum absolute atomic E-state index is 0.125. The van der Waals surface area contributed by atoms with Crippen LogP contribution in [-0.2, 0) is 10.0 Å². The van der Waals surface area contributed by atoms with Crippen molar-refractivity contribution in [2.75, 3.05) is 6.61 Å². The monoisotopic (exact) mass is 420 g/mol. The maximum Gasteiger partial charge on any atom is 0.244 e. The summed E-state index contributed by atoms with van der Waals surface area (Å²) in [6.45, 7) is -0.349. The first-order valence-corrected chi connectivity index (χ1v) is 11.7. The molecule has 6 heteroatoms. The van der Waals surface area contributed by atoms with E-state index in [2.05, 4.69) is 17.9 Å². The zero-order chi connectivity index (χ0) is 21.1. The molecule has 1 saturated carbocycles. The van der Waals surface area contributed by atoms with Gasteiger partial charge in [0.15, 0.2) is 0 Å². The maximum absolute atomic E-state index is 13.0. The van der Waals surface area contributed by atoms with Gasteiger partial charge in [0.05, 0.1) is 23.6 Å². The lowest BCUT2D eigenvalue weighted by atomic mass is 9.78. The highest BCUT2D eigenvalue weighted by Crippen LogP contribution is 2.43. The highest BCUT2D eigenvalue weighted by atomic mass is 32.2. The molecule has 1 aliphatic heterocycles. The van der Waals surface area contributed by atoms with Gasteiger partial charge in [-0.05, 0) is 42.7 Å². The van der Waals surface area contributed by atoms with Gasteiger partial charge in [0, 0.05) is 17.4 Å². The number of rotatable bonds is 4. The Morgan fingerprint density at radius 3 is 2.30 bits per heavy atom. The van der Waals surface area contributed by atoms with Crippen LogP contribution in [0.1, 0.15) is 42.7 Å². The van der Waals surface area contributed by atoms with Crippen LogP contribution >= 0.6 is 0 Å². The number of sulfonamides is 1. The minimum Gasteiger partial charge on any atom is -0.395 e. The Labute approximate surface area is 178 Å². The second kappa shape index (κ2) is 8.62. The van der Waals surface area contributed by atoms with Crippen molar-refractivity contribution >= 4 is 10.0 Å². The number of aliphatic hydroxyl groups excluding tert-OH is 1. The molecule has 3 atom stereocenters. The molecule has 0 amide bonds. The largest absolute Gasteiger partial charge is 0.395 e. The van der Waals surface area contributed by atoms with Gasteiger partial charge < -0.3 is 5.11 Å². The van der Waals surface area contributed by atoms with Crippen molar-refractivity contribution in [2.24, 2.45) is 5.92 Å². The first kappa shape index (κ1) is 20.6. The van der Waals surface area contributed by atoms with Gasteiger partial charge in [-0.25, -0.2) is 8.42 Å². The number of hydrogen-bond donors (Lipinski definition) is 1. The molecule has 2 aromatic carbocycles. The summed E-state index contributed by atoms with van der Waals surface area (Å²) in [5.41, 5.74) is 1.75. The first-order valence-electron chi connectivity index (χ1n) is 10.3. The smallest absolute Gasteiger partial charge is 0.244 e. The number of aliphatic hydroxyl groups is 1. The van der Waals surface area contributed by atoms with Crippen molar-refractivity contribution in [3.8, 4) is 17.9 Å². The lowest BCUT2D eigenvalue weighted by Crippen LogP contribution is -2.64. The molecule has 0 aromatic heterocycles. The van der Waals surface area contributed by atoms with E-state index < -0.39 is 22.1 Å². The third-order valence-electron chi connectivity index (χ3n) is 6.07. The van der Waals surface area contributed by atoms with Crippen LogP contribution in [-0.4, -0.2) is 36.5 Å². The van der Waals surface area contributed by atoms with E-state index in [4.69, 9.17) is 0 Å². The molecule has 5 nitrogen and oxygen atoms in total. The van der Waals surface area contributed by atoms with Crippen LogP contribution < -0.4 is 0 Å². The molecule has 2 aliphatic rings. The number of hydrogen-bond acceptors (Lipinski definition) is 4. The molecule has 0 radical (unpaired) electrons. The summed E-state index contributed by atoms with van der Waals surface area (Å²) >= 11 is 0. The Balaban J connectivity index is 1.57. The molecule has 1 N–H and O–H groups in total. The van der Waals surface area contributed by atoms with Crippen LogP contribution in [0.15, 0.2) is 59.5 Å². The third kappa shape index (κ3) is 3.75. The molecule has 1 saturated heterocycles. The maximum atomic E-state index is 13.0. The van der Waals surface area contributed by atoms with E-state index in [-0.39, 0.29) is 17.4 Å². The van der Waals surface area contributed by atoms with Crippen molar-refractivity contribution in [3.63, 3.8) is 0 Å². The van der Waals surface area contributed by atoms with E-state index in [1.165, 1.54) is 37.8 Å². The van der Waals surface area contributed by atoms with Gasteiger partial charge in [-0.2, -0.15) is 9.57 Å². The molecular formula is C24H24N2O3S. The first-order chi connectivity index (χ1) is 14.6. The normalized spacial score (nSPS) is 24.5. The van der Waals surface area contributed by atoms with Gasteiger partial charge in [-0.15, -0.1) is 0 Å². The highest BCUT2D eigenvalue weighted by Gasteiger charge is 2.55. The second-order valence-electron chi connectivity index (χ2n) is 7.87. The molecule has 2 aromatic rings. The van der Waals surface area contributed by atoms with Crippen molar-refractivity contribution in [1.29, 1.82) is 5.26 Å². The molecule has 30 heavy (non-hydrogen) atoms. The lowest BCUT2D eigenvalue weighted by Gasteiger charge is -2.50. The predicted molar refractivity (Wildman–Crippen MR) is 114 cm³/mol. The van der Waals surface area contributed by atoms with E-state index in [0.717, 1.165) is 15.4 Å². The Kier molecular flexibility index (Phi) is 5.92. The van der Waals surface area contributed by atoms with E-state index >= 15 is 0 Å². The fourth-order valence-electron chi connectivity index (χ4n) is 4.45. The Morgan fingerprint density at radius 2 is 1.70 bits per heavy atom. The summed E-state index contributed by atoms with van der Waals surface area (Å²) in [5.74, 6) is 6.65. The summed E-state index contributed by atoms with van der Waals surface area (Å²) in [6, 6.07) is 16.2. The van der Waals surface area contributed by atoms with Crippen LogP contribution in [0.25, 0.3) is 0 Å². The van der Waals surface area contributed by atoms with Gasteiger partial charge in [0.1, 0.15) is 6.04 Å². The molecule has 2 fully saturated rings. The highest BCUT2D eigenvalue weighted by molar-refractivity contribution is 7.89. The van der Waals surface area contributed by atoms with Crippen molar-refractivity contribution < 1.29 is 13.5 Å². The number of benzene rings is 2. The van der Waals surface area contributed by atoms with Gasteiger partial charge in [0.2, 0.25) is 10.0 Å². The van der Waals surface area contributed by atoms with E-state index in [1.807, 2.05) is 24.3 Å². The Bertz CT molecular complexity index is 1090. The summed E-state index contributed by atoms with van der Waals surface area (Å²) in [5, 5.41) is 19.6. The van der Waals surface area contributed by atoms with Crippen molar-refractivity contribution in [3.05, 3.63) is 65.7 Å². The standard InChI is InChI=1S/C24H24N2O3S/c25-16-22-24(20-14-12-19(13-15-20)11-10-18-6-4-5-7-18)23(17-27)26(22)30(28,29)21-8-2-1-3-9-21/h1-3,8-9,12-15,18,22-24,27H,4-7,17H2/t22-,23-,24-/m1/s1. The van der Waals surface area contributed by atoms with Gasteiger partial charge in [-0.1, -0.05) is 55.0 Å². The van der Waals surface area contributed by atoms with Crippen molar-refractivity contribution in [1.82, 2.24) is 4.31 Å². The summed E-state index contributed by atoms with van der Waals surface area (Å²) in [4.78, 5) is 0.125. The fourth-order valence-corrected chi connectivity index (χ4v) is 6.23. The van der Waals surface area contributed by atoms with Crippen LogP contribution in [0.5, 0.6) is 0 Å². The molecule has 0 spiro atoms. The zero-order valence-electron chi connectivity index (χ0n) is 16.6. The van der Waals surface area contributed by atoms with Crippen LogP contribution in [0.3, 0.4) is 0 Å². The third-order valence-corrected chi connectivity index (χ3v) is 7.99. The average Bonchev–Trinajstić information content (AvgIpc) is 3.27. The molecule has 154 valence electrons. The number of nitriles is 1. The van der Waals surface area contributed by atoms with Gasteiger partial charge >= 0.3 is 0 Å². The summed E-state index contributed by atoms with van der Waals surface area (Å²) in [6.07, 6.45) is 4.84. The topological polar surface area (TPSA) is 81.4 Å². The molecule has 0 bridgehead atoms. The molecule has 1 aliphatic carbocycles. The van der Waals surface area contributed by atoms with E-state index in [1.54, 1.807) is 18.2 Å². The Morgan fingerprint density at radius 1 is 1.03 bits per heavy atom. The lowest BCUT2D eigenvalue weighted by molar-refractivity contribution is 0.0557. The second-order valence-corrected chi connectivity index (χ2v) is 9.71. The van der Waals surface area contributed by atoms with E-state index in [0.29, 0.717) is 5.92 Å². The molecule has 1 heterocycles. The van der Waals surface area contributed by atoms with Gasteiger partial charge in [0.25, 0.3) is 0 Å². The predicted octanol–water partition coefficient (Wildman–Crippen LogP) is 3.27. The van der Waals surface area contributed by atoms with Crippen LogP contribution in [0.4, 0.5) is 0 Å². The van der Waals surface area contributed by atoms with Crippen LogP contribution in [0, 0.1) is 29.1 Å². The molecule has 4 rings (SSSR count). The SMILES string of the molecule is N#C[C@@H]1[C@@H](c2ccc(C#CC3CCCC3)cc2)[C@@H](CO)N1S(=O)(=O)c1ccccc1. The van der Waals surface area contributed by atoms with Gasteiger partial charge in [-0.3, -0.25) is 0 Å².